The van der Waals surface area contributed by atoms with Gasteiger partial charge in [0.25, 0.3) is 0 Å². The number of hydrogen-bond acceptors (Lipinski definition) is 6. The number of carbonyl (C=O) groups is 3. The van der Waals surface area contributed by atoms with E-state index >= 15 is 0 Å². The molecule has 0 aliphatic heterocycles. The number of esters is 3. The van der Waals surface area contributed by atoms with Gasteiger partial charge in [-0.05, 0) is 116 Å². The Kier molecular flexibility index (Phi) is 63.8. The standard InChI is InChI=1S/C74H124O6/c1-4-7-10-13-16-18-20-22-24-26-28-30-32-34-36-37-39-40-42-44-46-48-50-52-54-56-58-61-64-67-73(76)79-70-71(69-78-72(75)66-63-60-15-12-9-6-3)80-74(77)68-65-62-59-57-55-53-51-49-47-45-43-41-38-35-33-31-29-27-25-23-21-19-17-14-11-8-5-2/h8,11,17,19-20,22-23,25-26,28-29,31-32,34-35,38,43,45,49,51,71H,4-7,9-10,12-16,18,21,24,27,30,33,36-37,39-42,44,46-48,50,52-70H2,1-3H3/b11-8-,19-17-,22-20-,25-23-,28-26-,31-29-,34-32-,38-35-,45-43-,51-49-. The maximum atomic E-state index is 12.9. The number of hydrogen-bond donors (Lipinski definition) is 0. The summed E-state index contributed by atoms with van der Waals surface area (Å²) in [6, 6.07) is 0. The zero-order valence-electron chi connectivity index (χ0n) is 52.3. The van der Waals surface area contributed by atoms with Crippen LogP contribution in [-0.4, -0.2) is 37.2 Å². The van der Waals surface area contributed by atoms with Gasteiger partial charge in [0, 0.05) is 19.3 Å². The molecule has 0 saturated carbocycles. The maximum absolute atomic E-state index is 12.9. The second-order valence-electron chi connectivity index (χ2n) is 22.0. The first kappa shape index (κ1) is 75.8. The molecule has 1 atom stereocenters. The molecule has 0 aliphatic rings. The van der Waals surface area contributed by atoms with Gasteiger partial charge in [-0.2, -0.15) is 0 Å². The van der Waals surface area contributed by atoms with Crippen LogP contribution in [0.25, 0.3) is 0 Å². The normalized spacial score (nSPS) is 12.9. The van der Waals surface area contributed by atoms with E-state index in [0.717, 1.165) is 135 Å². The smallest absolute Gasteiger partial charge is 0.306 e. The summed E-state index contributed by atoms with van der Waals surface area (Å²) in [6.07, 6.45) is 93.9. The third kappa shape index (κ3) is 64.6. The zero-order valence-corrected chi connectivity index (χ0v) is 52.3. The molecule has 0 bridgehead atoms. The van der Waals surface area contributed by atoms with Crippen LogP contribution < -0.4 is 0 Å². The Balaban J connectivity index is 4.13. The van der Waals surface area contributed by atoms with Crippen molar-refractivity contribution in [3.05, 3.63) is 122 Å². The molecule has 0 radical (unpaired) electrons. The van der Waals surface area contributed by atoms with Gasteiger partial charge in [0.1, 0.15) is 13.2 Å². The van der Waals surface area contributed by atoms with Crippen molar-refractivity contribution in [2.45, 2.75) is 316 Å². The average Bonchev–Trinajstić information content (AvgIpc) is 3.46. The Morgan fingerprint density at radius 3 is 0.762 bits per heavy atom. The summed E-state index contributed by atoms with van der Waals surface area (Å²) in [5.41, 5.74) is 0. The molecule has 0 heterocycles. The number of ether oxygens (including phenoxy) is 3. The summed E-state index contributed by atoms with van der Waals surface area (Å²) in [4.78, 5) is 38.1. The minimum Gasteiger partial charge on any atom is -0.462 e. The number of unbranched alkanes of at least 4 members (excludes halogenated alkanes) is 29. The summed E-state index contributed by atoms with van der Waals surface area (Å²) in [5, 5.41) is 0. The van der Waals surface area contributed by atoms with E-state index in [1.54, 1.807) is 0 Å². The van der Waals surface area contributed by atoms with Crippen LogP contribution in [0.5, 0.6) is 0 Å². The third-order valence-electron chi connectivity index (χ3n) is 14.2. The predicted molar refractivity (Wildman–Crippen MR) is 348 cm³/mol. The molecular formula is C74H124O6. The van der Waals surface area contributed by atoms with E-state index in [2.05, 4.69) is 142 Å². The number of rotatable bonds is 60. The minimum absolute atomic E-state index is 0.0869. The first-order valence-corrected chi connectivity index (χ1v) is 33.5. The van der Waals surface area contributed by atoms with E-state index in [1.165, 1.54) is 135 Å². The predicted octanol–water partition coefficient (Wildman–Crippen LogP) is 23.2. The third-order valence-corrected chi connectivity index (χ3v) is 14.2. The van der Waals surface area contributed by atoms with Crippen molar-refractivity contribution in [3.63, 3.8) is 0 Å². The fraction of sp³-hybridized carbons (Fsp3) is 0.689. The van der Waals surface area contributed by atoms with Crippen LogP contribution in [0.4, 0.5) is 0 Å². The summed E-state index contributed by atoms with van der Waals surface area (Å²) in [5.74, 6) is -0.912. The molecule has 0 aromatic rings. The van der Waals surface area contributed by atoms with Gasteiger partial charge in [-0.1, -0.05) is 296 Å². The molecule has 0 rings (SSSR count). The van der Waals surface area contributed by atoms with Crippen molar-refractivity contribution in [1.29, 1.82) is 0 Å². The highest BCUT2D eigenvalue weighted by Gasteiger charge is 2.19. The number of allylic oxidation sites excluding steroid dienone is 20. The van der Waals surface area contributed by atoms with Gasteiger partial charge in [-0.3, -0.25) is 14.4 Å². The van der Waals surface area contributed by atoms with Gasteiger partial charge in [0.15, 0.2) is 6.10 Å². The average molecular weight is 1110 g/mol. The van der Waals surface area contributed by atoms with Gasteiger partial charge >= 0.3 is 17.9 Å². The van der Waals surface area contributed by atoms with E-state index in [-0.39, 0.29) is 31.1 Å². The Labute approximate surface area is 494 Å². The molecule has 0 amide bonds. The fourth-order valence-corrected chi connectivity index (χ4v) is 9.20. The van der Waals surface area contributed by atoms with Crippen LogP contribution >= 0.6 is 0 Å². The Morgan fingerprint density at radius 1 is 0.263 bits per heavy atom. The molecule has 0 fully saturated rings. The first-order valence-electron chi connectivity index (χ1n) is 33.5. The first-order chi connectivity index (χ1) is 39.5. The molecule has 1 unspecified atom stereocenters. The molecule has 0 aliphatic carbocycles. The molecule has 6 heteroatoms. The lowest BCUT2D eigenvalue weighted by atomic mass is 10.0. The van der Waals surface area contributed by atoms with Gasteiger partial charge < -0.3 is 14.2 Å². The molecule has 0 saturated heterocycles. The van der Waals surface area contributed by atoms with Crippen molar-refractivity contribution in [2.24, 2.45) is 0 Å². The molecule has 456 valence electrons. The van der Waals surface area contributed by atoms with Crippen LogP contribution in [0.15, 0.2) is 122 Å². The molecule has 0 aromatic heterocycles. The second-order valence-corrected chi connectivity index (χ2v) is 22.0. The summed E-state index contributed by atoms with van der Waals surface area (Å²) < 4.78 is 16.8. The topological polar surface area (TPSA) is 78.9 Å². The minimum atomic E-state index is -0.789. The Hall–Kier alpha value is -4.19. The van der Waals surface area contributed by atoms with Crippen molar-refractivity contribution in [1.82, 2.24) is 0 Å². The Morgan fingerprint density at radius 2 is 0.487 bits per heavy atom. The second kappa shape index (κ2) is 67.3. The van der Waals surface area contributed by atoms with Crippen molar-refractivity contribution in [2.75, 3.05) is 13.2 Å². The molecule has 80 heavy (non-hydrogen) atoms. The van der Waals surface area contributed by atoms with Gasteiger partial charge in [-0.25, -0.2) is 0 Å². The van der Waals surface area contributed by atoms with Crippen molar-refractivity contribution in [3.8, 4) is 0 Å². The molecule has 0 N–H and O–H groups in total. The lowest BCUT2D eigenvalue weighted by Gasteiger charge is -2.18. The van der Waals surface area contributed by atoms with E-state index in [1.807, 2.05) is 0 Å². The van der Waals surface area contributed by atoms with Gasteiger partial charge in [0.05, 0.1) is 0 Å². The van der Waals surface area contributed by atoms with E-state index in [4.69, 9.17) is 14.2 Å². The van der Waals surface area contributed by atoms with Crippen LogP contribution in [0.1, 0.15) is 310 Å². The summed E-state index contributed by atoms with van der Waals surface area (Å²) in [7, 11) is 0. The fourth-order valence-electron chi connectivity index (χ4n) is 9.20. The van der Waals surface area contributed by atoms with Crippen molar-refractivity contribution < 1.29 is 28.6 Å². The van der Waals surface area contributed by atoms with Gasteiger partial charge in [0.2, 0.25) is 0 Å². The lowest BCUT2D eigenvalue weighted by Crippen LogP contribution is -2.30. The molecule has 0 aromatic carbocycles. The van der Waals surface area contributed by atoms with E-state index < -0.39 is 6.10 Å². The summed E-state index contributed by atoms with van der Waals surface area (Å²) in [6.45, 7) is 6.45. The Bertz CT molecular complexity index is 1650. The van der Waals surface area contributed by atoms with Crippen molar-refractivity contribution >= 4 is 17.9 Å². The maximum Gasteiger partial charge on any atom is 0.306 e. The highest BCUT2D eigenvalue weighted by atomic mass is 16.6. The van der Waals surface area contributed by atoms with Crippen LogP contribution in [0, 0.1) is 0 Å². The SMILES string of the molecule is CC/C=C\C/C=C\C/C=C\C/C=C\C/C=C\C/C=C\C/C=C\CCCCCCCC(=O)OC(COC(=O)CCCCCCCC)COC(=O)CCCCCCCCCCCCCCCC/C=C\C/C=C\C/C=C\CCCCCCC. The largest absolute Gasteiger partial charge is 0.462 e. The molecular weight excluding hydrogens is 985 g/mol. The van der Waals surface area contributed by atoms with Gasteiger partial charge in [-0.15, -0.1) is 0 Å². The highest BCUT2D eigenvalue weighted by molar-refractivity contribution is 5.71. The zero-order chi connectivity index (χ0) is 57.8. The van der Waals surface area contributed by atoms with Crippen LogP contribution in [-0.2, 0) is 28.6 Å². The van der Waals surface area contributed by atoms with Crippen LogP contribution in [0.2, 0.25) is 0 Å². The number of carbonyl (C=O) groups excluding carboxylic acids is 3. The monoisotopic (exact) mass is 1110 g/mol. The van der Waals surface area contributed by atoms with E-state index in [0.29, 0.717) is 19.3 Å². The van der Waals surface area contributed by atoms with Crippen LogP contribution in [0.3, 0.4) is 0 Å². The quantitative estimate of drug-likeness (QED) is 0.0261. The highest BCUT2D eigenvalue weighted by Crippen LogP contribution is 2.16. The van der Waals surface area contributed by atoms with E-state index in [9.17, 15) is 14.4 Å². The summed E-state index contributed by atoms with van der Waals surface area (Å²) >= 11 is 0. The molecule has 0 spiro atoms. The molecule has 6 nitrogen and oxygen atoms in total. The lowest BCUT2D eigenvalue weighted by molar-refractivity contribution is -0.167.